The van der Waals surface area contributed by atoms with Crippen molar-refractivity contribution >= 4 is 17.8 Å². The zero-order chi connectivity index (χ0) is 17.9. The predicted octanol–water partition coefficient (Wildman–Crippen LogP) is 0.774. The number of primary amides is 1. The molecule has 2 heterocycles. The number of anilines is 1. The fourth-order valence-electron chi connectivity index (χ4n) is 2.95. The van der Waals surface area contributed by atoms with Gasteiger partial charge in [0.25, 0.3) is 5.91 Å². The molecule has 8 nitrogen and oxygen atoms in total. The molecule has 1 aromatic heterocycles. The normalized spacial score (nSPS) is 18.2. The minimum absolute atomic E-state index is 0.0272. The second-order valence-electron chi connectivity index (χ2n) is 7.14. The Bertz CT molecular complexity index is 595. The van der Waals surface area contributed by atoms with Crippen molar-refractivity contribution in [3.05, 3.63) is 5.82 Å². The van der Waals surface area contributed by atoms with Crippen molar-refractivity contribution < 1.29 is 9.59 Å². The maximum Gasteiger partial charge on any atom is 0.289 e. The van der Waals surface area contributed by atoms with E-state index in [1.165, 1.54) is 0 Å². The van der Waals surface area contributed by atoms with E-state index < -0.39 is 0 Å². The molecular weight excluding hydrogens is 308 g/mol. The molecule has 1 fully saturated rings. The number of aromatic nitrogens is 3. The van der Waals surface area contributed by atoms with Gasteiger partial charge in [-0.15, -0.1) is 10.2 Å². The lowest BCUT2D eigenvalue weighted by Crippen LogP contribution is -2.42. The largest absolute Gasteiger partial charge is 0.369 e. The molecule has 2 rings (SSSR count). The number of rotatable bonds is 6. The SMILES string of the molecule is CC(C)Cn1c(C(=O)NC(C)C)nnc1N1CCCC(C(N)=O)C1. The first-order valence-electron chi connectivity index (χ1n) is 8.58. The van der Waals surface area contributed by atoms with E-state index in [4.69, 9.17) is 5.73 Å². The van der Waals surface area contributed by atoms with Crippen LogP contribution in [0.1, 0.15) is 51.2 Å². The summed E-state index contributed by atoms with van der Waals surface area (Å²) in [6, 6.07) is 0.0272. The Balaban J connectivity index is 2.30. The van der Waals surface area contributed by atoms with Crippen molar-refractivity contribution in [3.8, 4) is 0 Å². The molecular formula is C16H28N6O2. The van der Waals surface area contributed by atoms with Crippen molar-refractivity contribution in [1.82, 2.24) is 20.1 Å². The molecule has 0 bridgehead atoms. The third-order valence-corrected chi connectivity index (χ3v) is 4.01. The van der Waals surface area contributed by atoms with Gasteiger partial charge in [-0.1, -0.05) is 13.8 Å². The molecule has 1 aliphatic rings. The average molecular weight is 336 g/mol. The number of carbonyl (C=O) groups excluding carboxylic acids is 2. The van der Waals surface area contributed by atoms with Gasteiger partial charge in [0, 0.05) is 25.7 Å². The molecule has 0 saturated carbocycles. The topological polar surface area (TPSA) is 106 Å². The van der Waals surface area contributed by atoms with E-state index in [-0.39, 0.29) is 23.8 Å². The molecule has 3 N–H and O–H groups in total. The van der Waals surface area contributed by atoms with Gasteiger partial charge in [0.15, 0.2) is 0 Å². The van der Waals surface area contributed by atoms with Crippen LogP contribution in [0.3, 0.4) is 0 Å². The Morgan fingerprint density at radius 3 is 2.58 bits per heavy atom. The van der Waals surface area contributed by atoms with Gasteiger partial charge in [-0.2, -0.15) is 0 Å². The van der Waals surface area contributed by atoms with Gasteiger partial charge in [-0.05, 0) is 32.6 Å². The summed E-state index contributed by atoms with van der Waals surface area (Å²) >= 11 is 0. The van der Waals surface area contributed by atoms with Crippen molar-refractivity contribution in [2.24, 2.45) is 17.6 Å². The van der Waals surface area contributed by atoms with Crippen molar-refractivity contribution in [3.63, 3.8) is 0 Å². The molecule has 0 aromatic carbocycles. The lowest BCUT2D eigenvalue weighted by Gasteiger charge is -2.32. The lowest BCUT2D eigenvalue weighted by atomic mass is 9.98. The fraction of sp³-hybridized carbons (Fsp3) is 0.750. The number of nitrogens with one attached hydrogen (secondary N) is 1. The highest BCUT2D eigenvalue weighted by molar-refractivity contribution is 5.91. The maximum atomic E-state index is 12.4. The van der Waals surface area contributed by atoms with Gasteiger partial charge in [-0.3, -0.25) is 14.2 Å². The van der Waals surface area contributed by atoms with Gasteiger partial charge < -0.3 is 16.0 Å². The summed E-state index contributed by atoms with van der Waals surface area (Å²) in [5.41, 5.74) is 5.46. The van der Waals surface area contributed by atoms with Crippen molar-refractivity contribution in [2.45, 2.75) is 53.1 Å². The number of hydrogen-bond donors (Lipinski definition) is 2. The molecule has 0 radical (unpaired) electrons. The highest BCUT2D eigenvalue weighted by Gasteiger charge is 2.29. The highest BCUT2D eigenvalue weighted by atomic mass is 16.2. The van der Waals surface area contributed by atoms with Gasteiger partial charge in [0.2, 0.25) is 17.7 Å². The molecule has 1 unspecified atom stereocenters. The van der Waals surface area contributed by atoms with Crippen LogP contribution in [0, 0.1) is 11.8 Å². The van der Waals surface area contributed by atoms with E-state index in [2.05, 4.69) is 29.4 Å². The van der Waals surface area contributed by atoms with Crippen molar-refractivity contribution in [2.75, 3.05) is 18.0 Å². The van der Waals surface area contributed by atoms with Crippen molar-refractivity contribution in [1.29, 1.82) is 0 Å². The van der Waals surface area contributed by atoms with Gasteiger partial charge in [0.05, 0.1) is 5.92 Å². The van der Waals surface area contributed by atoms with E-state index in [0.29, 0.717) is 30.8 Å². The summed E-state index contributed by atoms with van der Waals surface area (Å²) in [6.45, 7) is 9.92. The molecule has 8 heteroatoms. The van der Waals surface area contributed by atoms with E-state index in [1.807, 2.05) is 23.3 Å². The van der Waals surface area contributed by atoms with Crippen LogP contribution in [0.15, 0.2) is 0 Å². The summed E-state index contributed by atoms with van der Waals surface area (Å²) in [5.74, 6) is 0.593. The van der Waals surface area contributed by atoms with E-state index in [9.17, 15) is 9.59 Å². The lowest BCUT2D eigenvalue weighted by molar-refractivity contribution is -0.122. The van der Waals surface area contributed by atoms with E-state index in [0.717, 1.165) is 19.4 Å². The predicted molar refractivity (Wildman–Crippen MR) is 91.6 cm³/mol. The summed E-state index contributed by atoms with van der Waals surface area (Å²) in [4.78, 5) is 25.9. The molecule has 2 amide bonds. The second kappa shape index (κ2) is 7.63. The number of carbonyl (C=O) groups is 2. The first-order valence-corrected chi connectivity index (χ1v) is 8.58. The standard InChI is InChI=1S/C16H28N6O2/c1-10(2)8-22-14(15(24)18-11(3)4)19-20-16(22)21-7-5-6-12(9-21)13(17)23/h10-12H,5-9H2,1-4H3,(H2,17,23)(H,18,24). The highest BCUT2D eigenvalue weighted by Crippen LogP contribution is 2.23. The Morgan fingerprint density at radius 2 is 2.00 bits per heavy atom. The van der Waals surface area contributed by atoms with Crippen LogP contribution in [-0.4, -0.2) is 45.7 Å². The molecule has 1 atom stereocenters. The van der Waals surface area contributed by atoms with Crippen LogP contribution in [0.5, 0.6) is 0 Å². The van der Waals surface area contributed by atoms with Crippen LogP contribution in [0.2, 0.25) is 0 Å². The number of piperidine rings is 1. The second-order valence-corrected chi connectivity index (χ2v) is 7.14. The van der Waals surface area contributed by atoms with Crippen LogP contribution < -0.4 is 16.0 Å². The third-order valence-electron chi connectivity index (χ3n) is 4.01. The monoisotopic (exact) mass is 336 g/mol. The summed E-state index contributed by atoms with van der Waals surface area (Å²) in [7, 11) is 0. The first kappa shape index (κ1) is 18.2. The van der Waals surface area contributed by atoms with Gasteiger partial charge in [-0.25, -0.2) is 0 Å². The Labute approximate surface area is 142 Å². The minimum atomic E-state index is -0.285. The molecule has 0 aliphatic carbocycles. The Kier molecular flexibility index (Phi) is 5.80. The zero-order valence-corrected chi connectivity index (χ0v) is 15.0. The molecule has 0 spiro atoms. The van der Waals surface area contributed by atoms with Gasteiger partial charge >= 0.3 is 0 Å². The summed E-state index contributed by atoms with van der Waals surface area (Å²) < 4.78 is 1.85. The Morgan fingerprint density at radius 1 is 1.29 bits per heavy atom. The van der Waals surface area contributed by atoms with Crippen LogP contribution in [0.4, 0.5) is 5.95 Å². The quantitative estimate of drug-likeness (QED) is 0.798. The first-order chi connectivity index (χ1) is 11.3. The van der Waals surface area contributed by atoms with Crippen LogP contribution >= 0.6 is 0 Å². The average Bonchev–Trinajstić information content (AvgIpc) is 2.89. The molecule has 1 saturated heterocycles. The van der Waals surface area contributed by atoms with E-state index in [1.54, 1.807) is 0 Å². The van der Waals surface area contributed by atoms with Crippen LogP contribution in [-0.2, 0) is 11.3 Å². The number of amides is 2. The molecule has 134 valence electrons. The molecule has 1 aromatic rings. The Hall–Kier alpha value is -2.12. The molecule has 24 heavy (non-hydrogen) atoms. The van der Waals surface area contributed by atoms with Gasteiger partial charge in [0.1, 0.15) is 0 Å². The minimum Gasteiger partial charge on any atom is -0.369 e. The van der Waals surface area contributed by atoms with E-state index >= 15 is 0 Å². The third kappa shape index (κ3) is 4.24. The maximum absolute atomic E-state index is 12.4. The zero-order valence-electron chi connectivity index (χ0n) is 15.0. The number of hydrogen-bond acceptors (Lipinski definition) is 5. The van der Waals surface area contributed by atoms with Crippen LogP contribution in [0.25, 0.3) is 0 Å². The summed E-state index contributed by atoms with van der Waals surface area (Å²) in [5, 5.41) is 11.2. The summed E-state index contributed by atoms with van der Waals surface area (Å²) in [6.07, 6.45) is 1.67. The molecule has 1 aliphatic heterocycles. The smallest absolute Gasteiger partial charge is 0.289 e. The number of nitrogens with zero attached hydrogens (tertiary/aromatic N) is 4. The fourth-order valence-corrected chi connectivity index (χ4v) is 2.95. The number of nitrogens with two attached hydrogens (primary N) is 1.